The fraction of sp³-hybridized carbons (Fsp3) is 0.333. The number of carbonyl (C=O) groups excluding carboxylic acids is 1. The van der Waals surface area contributed by atoms with Crippen LogP contribution in [-0.2, 0) is 12.8 Å². The van der Waals surface area contributed by atoms with Crippen LogP contribution in [0.5, 0.6) is 0 Å². The summed E-state index contributed by atoms with van der Waals surface area (Å²) in [6, 6.07) is 9.51. The van der Waals surface area contributed by atoms with Crippen LogP contribution in [-0.4, -0.2) is 20.9 Å². The number of nitrogens with one attached hydrogen (secondary N) is 1. The molecule has 1 aromatic carbocycles. The molecule has 0 spiro atoms. The second-order valence-electron chi connectivity index (χ2n) is 7.35. The van der Waals surface area contributed by atoms with Crippen molar-refractivity contribution in [2.24, 2.45) is 0 Å². The van der Waals surface area contributed by atoms with Crippen molar-refractivity contribution in [2.45, 2.75) is 45.4 Å². The van der Waals surface area contributed by atoms with Crippen molar-refractivity contribution in [3.63, 3.8) is 0 Å². The third-order valence-corrected chi connectivity index (χ3v) is 6.51. The number of amides is 1. The first kappa shape index (κ1) is 19.6. The van der Waals surface area contributed by atoms with Crippen LogP contribution in [0.2, 0.25) is 5.02 Å². The molecule has 2 aromatic heterocycles. The zero-order chi connectivity index (χ0) is 20.5. The van der Waals surface area contributed by atoms with E-state index in [-0.39, 0.29) is 17.5 Å². The summed E-state index contributed by atoms with van der Waals surface area (Å²) in [6.45, 7) is 3.99. The first-order chi connectivity index (χ1) is 14.0. The normalized spacial score (nSPS) is 13.2. The van der Waals surface area contributed by atoms with Crippen LogP contribution in [0.15, 0.2) is 24.3 Å². The first-order valence-electron chi connectivity index (χ1n) is 9.57. The Morgan fingerprint density at radius 2 is 2.00 bits per heavy atom. The Balaban J connectivity index is 1.69. The molecule has 0 aliphatic heterocycles. The topological polar surface area (TPSA) is 83.6 Å². The van der Waals surface area contributed by atoms with E-state index >= 15 is 0 Å². The maximum Gasteiger partial charge on any atom is 0.278 e. The first-order valence-corrected chi connectivity index (χ1v) is 10.8. The predicted octanol–water partition coefficient (Wildman–Crippen LogP) is 5.11. The molecule has 0 unspecified atom stereocenters. The van der Waals surface area contributed by atoms with E-state index < -0.39 is 0 Å². The molecule has 8 heteroatoms. The lowest BCUT2D eigenvalue weighted by molar-refractivity contribution is 0.102. The highest BCUT2D eigenvalue weighted by Gasteiger charge is 2.26. The lowest BCUT2D eigenvalue weighted by Gasteiger charge is -2.11. The van der Waals surface area contributed by atoms with Crippen molar-refractivity contribution in [3.8, 4) is 11.8 Å². The van der Waals surface area contributed by atoms with Gasteiger partial charge in [0, 0.05) is 9.90 Å². The summed E-state index contributed by atoms with van der Waals surface area (Å²) < 4.78 is 1.67. The quantitative estimate of drug-likeness (QED) is 0.629. The summed E-state index contributed by atoms with van der Waals surface area (Å²) in [5.41, 5.74) is 3.45. The van der Waals surface area contributed by atoms with Gasteiger partial charge in [-0.15, -0.1) is 16.4 Å². The maximum absolute atomic E-state index is 13.1. The van der Waals surface area contributed by atoms with Crippen molar-refractivity contribution in [2.75, 3.05) is 5.32 Å². The minimum absolute atomic E-state index is 0.0217. The number of anilines is 1. The molecule has 4 rings (SSSR count). The van der Waals surface area contributed by atoms with Gasteiger partial charge >= 0.3 is 0 Å². The molecule has 29 heavy (non-hydrogen) atoms. The number of aryl methyl sites for hydroxylation is 1. The van der Waals surface area contributed by atoms with E-state index in [1.165, 1.54) is 16.2 Å². The lowest BCUT2D eigenvalue weighted by Crippen LogP contribution is -2.16. The van der Waals surface area contributed by atoms with Crippen LogP contribution in [0, 0.1) is 11.3 Å². The molecular formula is C21H20ClN5OS. The molecule has 2 heterocycles. The van der Waals surface area contributed by atoms with Gasteiger partial charge in [-0.05, 0) is 61.4 Å². The molecule has 3 aromatic rings. The Kier molecular flexibility index (Phi) is 5.39. The van der Waals surface area contributed by atoms with Crippen molar-refractivity contribution in [1.82, 2.24) is 15.0 Å². The zero-order valence-electron chi connectivity index (χ0n) is 16.2. The van der Waals surface area contributed by atoms with Crippen LogP contribution in [0.4, 0.5) is 5.00 Å². The summed E-state index contributed by atoms with van der Waals surface area (Å²) in [6.07, 6.45) is 4.07. The van der Waals surface area contributed by atoms with Gasteiger partial charge in [-0.25, -0.2) is 4.68 Å². The molecular weight excluding hydrogens is 406 g/mol. The summed E-state index contributed by atoms with van der Waals surface area (Å²) in [5, 5.41) is 22.2. The molecule has 0 saturated carbocycles. The van der Waals surface area contributed by atoms with Gasteiger partial charge in [0.2, 0.25) is 0 Å². The number of nitrogens with zero attached hydrogens (tertiary/aromatic N) is 4. The molecule has 0 saturated heterocycles. The zero-order valence-corrected chi connectivity index (χ0v) is 17.8. The standard InChI is InChI=1S/C21H20ClN5OS/c1-12(2)19-18(25-26-27(19)14-9-7-13(22)8-10-14)20(28)24-21-16(11-23)15-5-3-4-6-17(15)29-21/h7-10,12H,3-6H2,1-2H3,(H,24,28). The number of hydrogen-bond acceptors (Lipinski definition) is 5. The van der Waals surface area contributed by atoms with Crippen LogP contribution >= 0.6 is 22.9 Å². The fourth-order valence-corrected chi connectivity index (χ4v) is 5.04. The number of aromatic nitrogens is 3. The highest BCUT2D eigenvalue weighted by molar-refractivity contribution is 7.16. The van der Waals surface area contributed by atoms with Gasteiger partial charge in [0.05, 0.1) is 16.9 Å². The van der Waals surface area contributed by atoms with Crippen molar-refractivity contribution in [3.05, 3.63) is 56.7 Å². The Morgan fingerprint density at radius 3 is 2.69 bits per heavy atom. The minimum atomic E-state index is -0.344. The lowest BCUT2D eigenvalue weighted by atomic mass is 9.96. The van der Waals surface area contributed by atoms with Gasteiger partial charge < -0.3 is 5.32 Å². The van der Waals surface area contributed by atoms with E-state index in [0.717, 1.165) is 36.9 Å². The van der Waals surface area contributed by atoms with Crippen LogP contribution in [0.1, 0.15) is 64.8 Å². The molecule has 0 fully saturated rings. The second kappa shape index (κ2) is 7.97. The largest absolute Gasteiger partial charge is 0.311 e. The SMILES string of the molecule is CC(C)c1c(C(=O)Nc2sc3c(c2C#N)CCCC3)nnn1-c1ccc(Cl)cc1. The van der Waals surface area contributed by atoms with E-state index in [1.54, 1.807) is 16.8 Å². The summed E-state index contributed by atoms with van der Waals surface area (Å²) in [7, 11) is 0. The number of benzene rings is 1. The Labute approximate surface area is 178 Å². The molecule has 148 valence electrons. The van der Waals surface area contributed by atoms with Crippen LogP contribution in [0.25, 0.3) is 5.69 Å². The monoisotopic (exact) mass is 425 g/mol. The Bertz CT molecular complexity index is 1110. The molecule has 1 aliphatic rings. The summed E-state index contributed by atoms with van der Waals surface area (Å²) in [4.78, 5) is 14.3. The number of rotatable bonds is 4. The predicted molar refractivity (Wildman–Crippen MR) is 114 cm³/mol. The average Bonchev–Trinajstić information content (AvgIpc) is 3.29. The summed E-state index contributed by atoms with van der Waals surface area (Å²) >= 11 is 7.49. The van der Waals surface area contributed by atoms with Crippen molar-refractivity contribution in [1.29, 1.82) is 5.26 Å². The number of nitriles is 1. The van der Waals surface area contributed by atoms with E-state index in [2.05, 4.69) is 21.7 Å². The molecule has 0 atom stereocenters. The molecule has 1 N–H and O–H groups in total. The van der Waals surface area contributed by atoms with Crippen molar-refractivity contribution < 1.29 is 4.79 Å². The number of carbonyl (C=O) groups is 1. The number of hydrogen-bond donors (Lipinski definition) is 1. The van der Waals surface area contributed by atoms with Crippen LogP contribution in [0.3, 0.4) is 0 Å². The van der Waals surface area contributed by atoms with Crippen molar-refractivity contribution >= 4 is 33.8 Å². The average molecular weight is 426 g/mol. The molecule has 0 bridgehead atoms. The number of fused-ring (bicyclic) bond motifs is 1. The maximum atomic E-state index is 13.1. The Morgan fingerprint density at radius 1 is 1.28 bits per heavy atom. The van der Waals surface area contributed by atoms with Crippen LogP contribution < -0.4 is 5.32 Å². The highest BCUT2D eigenvalue weighted by Crippen LogP contribution is 2.38. The molecule has 1 amide bonds. The smallest absolute Gasteiger partial charge is 0.278 e. The molecule has 0 radical (unpaired) electrons. The molecule has 1 aliphatic carbocycles. The van der Waals surface area contributed by atoms with Gasteiger partial charge in [-0.2, -0.15) is 5.26 Å². The van der Waals surface area contributed by atoms with Gasteiger partial charge in [0.25, 0.3) is 5.91 Å². The second-order valence-corrected chi connectivity index (χ2v) is 8.89. The van der Waals surface area contributed by atoms with Gasteiger partial charge in [-0.3, -0.25) is 4.79 Å². The summed E-state index contributed by atoms with van der Waals surface area (Å²) in [5.74, 6) is -0.322. The third kappa shape index (κ3) is 3.66. The van der Waals surface area contributed by atoms with E-state index in [4.69, 9.17) is 11.6 Å². The van der Waals surface area contributed by atoms with E-state index in [0.29, 0.717) is 21.3 Å². The number of halogens is 1. The van der Waals surface area contributed by atoms with E-state index in [1.807, 2.05) is 26.0 Å². The number of thiophene rings is 1. The third-order valence-electron chi connectivity index (χ3n) is 5.05. The Hall–Kier alpha value is -2.69. The van der Waals surface area contributed by atoms with E-state index in [9.17, 15) is 10.1 Å². The van der Waals surface area contributed by atoms with Gasteiger partial charge in [-0.1, -0.05) is 30.7 Å². The molecule has 6 nitrogen and oxygen atoms in total. The fourth-order valence-electron chi connectivity index (χ4n) is 3.68. The minimum Gasteiger partial charge on any atom is -0.311 e. The van der Waals surface area contributed by atoms with Gasteiger partial charge in [0.1, 0.15) is 11.1 Å². The highest BCUT2D eigenvalue weighted by atomic mass is 35.5. The van der Waals surface area contributed by atoms with Gasteiger partial charge in [0.15, 0.2) is 5.69 Å².